The van der Waals surface area contributed by atoms with Crippen LogP contribution in [0.3, 0.4) is 0 Å². The van der Waals surface area contributed by atoms with E-state index in [9.17, 15) is 9.59 Å². The topological polar surface area (TPSA) is 73.9 Å². The summed E-state index contributed by atoms with van der Waals surface area (Å²) in [6.07, 6.45) is 0.573. The van der Waals surface area contributed by atoms with Crippen molar-refractivity contribution in [2.75, 3.05) is 37.9 Å². The van der Waals surface area contributed by atoms with Crippen molar-refractivity contribution in [2.45, 2.75) is 31.5 Å². The van der Waals surface area contributed by atoms with E-state index >= 15 is 0 Å². The van der Waals surface area contributed by atoms with Crippen LogP contribution in [0.4, 0.5) is 16.2 Å². The molecule has 8 heteroatoms. The Morgan fingerprint density at radius 3 is 2.52 bits per heavy atom. The number of hydrogen-bond acceptors (Lipinski definition) is 4. The molecule has 2 atom stereocenters. The molecule has 2 aromatic rings. The Kier molecular flexibility index (Phi) is 6.05. The highest BCUT2D eigenvalue weighted by molar-refractivity contribution is 9.10. The summed E-state index contributed by atoms with van der Waals surface area (Å²) < 4.78 is 6.44. The smallest absolute Gasteiger partial charge is 0.322 e. The minimum absolute atomic E-state index is 0.260. The van der Waals surface area contributed by atoms with Crippen molar-refractivity contribution >= 4 is 39.2 Å². The zero-order valence-electron chi connectivity index (χ0n) is 17.9. The minimum Gasteiger partial charge on any atom is -0.377 e. The minimum atomic E-state index is -1.11. The number of carbonyl (C=O) groups is 2. The van der Waals surface area contributed by atoms with Crippen molar-refractivity contribution in [2.24, 2.45) is 0 Å². The van der Waals surface area contributed by atoms with Gasteiger partial charge in [0.2, 0.25) is 0 Å². The van der Waals surface area contributed by atoms with Crippen LogP contribution < -0.4 is 10.6 Å². The van der Waals surface area contributed by atoms with Crippen LogP contribution in [0.25, 0.3) is 0 Å². The van der Waals surface area contributed by atoms with Crippen molar-refractivity contribution < 1.29 is 14.3 Å². The molecule has 2 aromatic carbocycles. The van der Waals surface area contributed by atoms with Gasteiger partial charge in [-0.1, -0.05) is 22.0 Å². The highest BCUT2D eigenvalue weighted by Crippen LogP contribution is 2.35. The lowest BCUT2D eigenvalue weighted by Crippen LogP contribution is -2.76. The lowest BCUT2D eigenvalue weighted by atomic mass is 9.82. The van der Waals surface area contributed by atoms with Crippen molar-refractivity contribution in [1.29, 1.82) is 0 Å². The third-order valence-corrected chi connectivity index (χ3v) is 6.82. The van der Waals surface area contributed by atoms with Crippen molar-refractivity contribution in [3.63, 3.8) is 0 Å². The Bertz CT molecular complexity index is 997. The summed E-state index contributed by atoms with van der Waals surface area (Å²) in [6, 6.07) is 13.0. The SMILES string of the molecule is CO[C@H]1CN(C(=O)Nc2ccc(Br)cc2)[C@@]1(C)C(=O)Nc1ccc2c(c1)CCN(C)C2. The molecular weight excluding hydrogens is 460 g/mol. The van der Waals surface area contributed by atoms with Crippen LogP contribution in [0.2, 0.25) is 0 Å². The highest BCUT2D eigenvalue weighted by atomic mass is 79.9. The third kappa shape index (κ3) is 4.20. The molecule has 2 aliphatic rings. The van der Waals surface area contributed by atoms with Crippen molar-refractivity contribution in [3.05, 3.63) is 58.1 Å². The Hall–Kier alpha value is -2.42. The highest BCUT2D eigenvalue weighted by Gasteiger charge is 2.58. The number of halogens is 1. The summed E-state index contributed by atoms with van der Waals surface area (Å²) in [4.78, 5) is 30.0. The van der Waals surface area contributed by atoms with Crippen molar-refractivity contribution in [3.8, 4) is 0 Å². The predicted molar refractivity (Wildman–Crippen MR) is 124 cm³/mol. The molecule has 0 unspecified atom stereocenters. The lowest BCUT2D eigenvalue weighted by molar-refractivity contribution is -0.154. The van der Waals surface area contributed by atoms with Gasteiger partial charge < -0.3 is 25.2 Å². The van der Waals surface area contributed by atoms with E-state index in [1.807, 2.05) is 24.3 Å². The molecule has 3 amide bonds. The molecule has 0 saturated carbocycles. The average molecular weight is 487 g/mol. The number of ether oxygens (including phenoxy) is 1. The Balaban J connectivity index is 1.49. The molecule has 0 aromatic heterocycles. The Morgan fingerprint density at radius 2 is 1.81 bits per heavy atom. The number of urea groups is 1. The predicted octanol–water partition coefficient (Wildman–Crippen LogP) is 3.70. The second kappa shape index (κ2) is 8.61. The van der Waals surface area contributed by atoms with Gasteiger partial charge in [-0.05, 0) is 67.9 Å². The number of likely N-dealkylation sites (N-methyl/N-ethyl adjacent to an activating group) is 1. The van der Waals surface area contributed by atoms with Gasteiger partial charge in [0.1, 0.15) is 11.6 Å². The van der Waals surface area contributed by atoms with Crippen molar-refractivity contribution in [1.82, 2.24) is 9.80 Å². The molecule has 4 rings (SSSR count). The number of methoxy groups -OCH3 is 1. The van der Waals surface area contributed by atoms with Crippen LogP contribution in [0, 0.1) is 0 Å². The van der Waals surface area contributed by atoms with Crippen LogP contribution in [-0.4, -0.2) is 60.6 Å². The molecule has 0 bridgehead atoms. The van der Waals surface area contributed by atoms with Gasteiger partial charge in [-0.3, -0.25) is 4.79 Å². The fourth-order valence-corrected chi connectivity index (χ4v) is 4.48. The van der Waals surface area contributed by atoms with Gasteiger partial charge in [0.05, 0.1) is 6.54 Å². The van der Waals surface area contributed by atoms with Crippen LogP contribution in [0.5, 0.6) is 0 Å². The normalized spacial score (nSPS) is 23.0. The first-order chi connectivity index (χ1) is 14.8. The number of nitrogens with one attached hydrogen (secondary N) is 2. The molecule has 31 heavy (non-hydrogen) atoms. The quantitative estimate of drug-likeness (QED) is 0.690. The maximum Gasteiger partial charge on any atom is 0.322 e. The molecule has 0 aliphatic carbocycles. The first-order valence-corrected chi connectivity index (χ1v) is 11.1. The monoisotopic (exact) mass is 486 g/mol. The molecule has 7 nitrogen and oxygen atoms in total. The maximum atomic E-state index is 13.3. The number of benzene rings is 2. The fraction of sp³-hybridized carbons (Fsp3) is 0.391. The van der Waals surface area contributed by atoms with Gasteiger partial charge in [-0.15, -0.1) is 0 Å². The average Bonchev–Trinajstić information content (AvgIpc) is 2.74. The van der Waals surface area contributed by atoms with Crippen LogP contribution in [0.15, 0.2) is 46.9 Å². The van der Waals surface area contributed by atoms with Gasteiger partial charge in [0.25, 0.3) is 5.91 Å². The largest absolute Gasteiger partial charge is 0.377 e. The summed E-state index contributed by atoms with van der Waals surface area (Å²) in [5.74, 6) is -0.260. The van der Waals surface area contributed by atoms with E-state index in [2.05, 4.69) is 44.6 Å². The van der Waals surface area contributed by atoms with E-state index < -0.39 is 5.54 Å². The lowest BCUT2D eigenvalue weighted by Gasteiger charge is -2.53. The van der Waals surface area contributed by atoms with Gasteiger partial charge >= 0.3 is 6.03 Å². The van der Waals surface area contributed by atoms with E-state index in [0.29, 0.717) is 12.2 Å². The van der Waals surface area contributed by atoms with Gasteiger partial charge in [0, 0.05) is 36.0 Å². The van der Waals surface area contributed by atoms with Crippen LogP contribution in [0.1, 0.15) is 18.1 Å². The van der Waals surface area contributed by atoms with E-state index in [-0.39, 0.29) is 18.0 Å². The molecule has 2 heterocycles. The standard InChI is InChI=1S/C23H27BrN4O3/c1-23(21(29)25-19-7-4-16-13-27(2)11-10-15(16)12-19)20(31-3)14-28(23)22(30)26-18-8-5-17(24)6-9-18/h4-9,12,20H,10-11,13-14H2,1-3H3,(H,25,29)(H,26,30)/t20-,23+/m0/s1. The second-order valence-electron chi connectivity index (χ2n) is 8.34. The molecule has 2 N–H and O–H groups in total. The number of nitrogens with zero attached hydrogens (tertiary/aromatic N) is 2. The fourth-order valence-electron chi connectivity index (χ4n) is 4.21. The van der Waals surface area contributed by atoms with E-state index in [4.69, 9.17) is 4.74 Å². The molecule has 1 fully saturated rings. The molecular formula is C23H27BrN4O3. The Labute approximate surface area is 190 Å². The zero-order chi connectivity index (χ0) is 22.2. The molecule has 164 valence electrons. The summed E-state index contributed by atoms with van der Waals surface area (Å²) in [7, 11) is 3.67. The van der Waals surface area contributed by atoms with E-state index in [0.717, 1.165) is 29.7 Å². The molecule has 1 saturated heterocycles. The van der Waals surface area contributed by atoms with Crippen LogP contribution >= 0.6 is 15.9 Å². The number of hydrogen-bond donors (Lipinski definition) is 2. The summed E-state index contributed by atoms with van der Waals surface area (Å²) in [5.41, 5.74) is 2.83. The van der Waals surface area contributed by atoms with E-state index in [1.165, 1.54) is 16.0 Å². The first-order valence-electron chi connectivity index (χ1n) is 10.3. The van der Waals surface area contributed by atoms with Crippen LogP contribution in [-0.2, 0) is 22.5 Å². The zero-order valence-corrected chi connectivity index (χ0v) is 19.5. The Morgan fingerprint density at radius 1 is 1.10 bits per heavy atom. The number of rotatable bonds is 4. The molecule has 0 spiro atoms. The summed E-state index contributed by atoms with van der Waals surface area (Å²) in [5, 5.41) is 5.87. The van der Waals surface area contributed by atoms with Gasteiger partial charge in [0.15, 0.2) is 0 Å². The molecule has 2 aliphatic heterocycles. The van der Waals surface area contributed by atoms with Gasteiger partial charge in [-0.2, -0.15) is 0 Å². The number of fused-ring (bicyclic) bond motifs is 1. The molecule has 0 radical (unpaired) electrons. The number of carbonyl (C=O) groups excluding carboxylic acids is 2. The number of anilines is 2. The summed E-state index contributed by atoms with van der Waals surface area (Å²) >= 11 is 3.38. The maximum absolute atomic E-state index is 13.3. The number of likely N-dealkylation sites (tertiary alicyclic amines) is 1. The second-order valence-corrected chi connectivity index (χ2v) is 9.26. The third-order valence-electron chi connectivity index (χ3n) is 6.29. The number of amides is 3. The first kappa shape index (κ1) is 21.8. The summed E-state index contributed by atoms with van der Waals surface area (Å²) in [6.45, 7) is 4.00. The van der Waals surface area contributed by atoms with Gasteiger partial charge in [-0.25, -0.2) is 4.79 Å². The van der Waals surface area contributed by atoms with E-state index in [1.54, 1.807) is 26.2 Å².